The van der Waals surface area contributed by atoms with Gasteiger partial charge in [0, 0.05) is 17.5 Å². The van der Waals surface area contributed by atoms with Crippen molar-refractivity contribution in [3.05, 3.63) is 63.8 Å². The SMILES string of the molecule is O=C(c1cccc2[nH]c(=O)[nH]c12)N1CC2(CCCC2)c2c(F)cccc21. The predicted molar refractivity (Wildman–Crippen MR) is 97.1 cm³/mol. The number of rotatable bonds is 1. The maximum Gasteiger partial charge on any atom is 0.323 e. The second-order valence-electron chi connectivity index (χ2n) is 7.32. The molecule has 0 radical (unpaired) electrons. The molecule has 1 aromatic heterocycles. The van der Waals surface area contributed by atoms with Gasteiger partial charge in [-0.25, -0.2) is 9.18 Å². The minimum atomic E-state index is -0.347. The van der Waals surface area contributed by atoms with Crippen molar-refractivity contribution in [1.29, 1.82) is 0 Å². The minimum Gasteiger partial charge on any atom is -0.307 e. The van der Waals surface area contributed by atoms with Gasteiger partial charge in [0.1, 0.15) is 5.82 Å². The van der Waals surface area contributed by atoms with Crippen molar-refractivity contribution in [2.24, 2.45) is 0 Å². The average Bonchev–Trinajstić information content (AvgIpc) is 3.32. The van der Waals surface area contributed by atoms with Gasteiger partial charge in [0.2, 0.25) is 0 Å². The third-order valence-electron chi connectivity index (χ3n) is 5.86. The van der Waals surface area contributed by atoms with Crippen LogP contribution in [0.3, 0.4) is 0 Å². The van der Waals surface area contributed by atoms with Crippen LogP contribution in [0.1, 0.15) is 41.6 Å². The summed E-state index contributed by atoms with van der Waals surface area (Å²) in [6, 6.07) is 10.2. The first-order valence-corrected chi connectivity index (χ1v) is 8.91. The highest BCUT2D eigenvalue weighted by atomic mass is 19.1. The van der Waals surface area contributed by atoms with E-state index in [1.807, 2.05) is 6.07 Å². The lowest BCUT2D eigenvalue weighted by atomic mass is 9.80. The largest absolute Gasteiger partial charge is 0.323 e. The van der Waals surface area contributed by atoms with E-state index in [9.17, 15) is 14.0 Å². The lowest BCUT2D eigenvalue weighted by Crippen LogP contribution is -2.35. The third-order valence-corrected chi connectivity index (χ3v) is 5.86. The maximum absolute atomic E-state index is 14.7. The summed E-state index contributed by atoms with van der Waals surface area (Å²) in [7, 11) is 0. The lowest BCUT2D eigenvalue weighted by molar-refractivity contribution is 0.0986. The smallest absolute Gasteiger partial charge is 0.307 e. The van der Waals surface area contributed by atoms with E-state index < -0.39 is 0 Å². The first kappa shape index (κ1) is 15.4. The van der Waals surface area contributed by atoms with Crippen molar-refractivity contribution in [3.8, 4) is 0 Å². The van der Waals surface area contributed by atoms with E-state index in [2.05, 4.69) is 9.97 Å². The molecule has 1 spiro atoms. The second kappa shape index (κ2) is 5.30. The Morgan fingerprint density at radius 3 is 2.65 bits per heavy atom. The number of fused-ring (bicyclic) bond motifs is 3. The molecule has 132 valence electrons. The molecule has 26 heavy (non-hydrogen) atoms. The van der Waals surface area contributed by atoms with E-state index in [1.165, 1.54) is 6.07 Å². The number of H-pyrrole nitrogens is 2. The number of aromatic nitrogens is 2. The molecule has 3 aromatic rings. The number of hydrogen-bond acceptors (Lipinski definition) is 2. The summed E-state index contributed by atoms with van der Waals surface area (Å²) in [5, 5.41) is 0. The van der Waals surface area contributed by atoms with E-state index >= 15 is 0 Å². The fourth-order valence-electron chi connectivity index (χ4n) is 4.75. The van der Waals surface area contributed by atoms with Gasteiger partial charge in [0.25, 0.3) is 5.91 Å². The lowest BCUT2D eigenvalue weighted by Gasteiger charge is -2.25. The highest BCUT2D eigenvalue weighted by Gasteiger charge is 2.48. The van der Waals surface area contributed by atoms with Gasteiger partial charge >= 0.3 is 5.69 Å². The summed E-state index contributed by atoms with van der Waals surface area (Å²) in [6.45, 7) is 0.493. The first-order chi connectivity index (χ1) is 12.6. The monoisotopic (exact) mass is 351 g/mol. The molecule has 5 nitrogen and oxygen atoms in total. The van der Waals surface area contributed by atoms with Crippen LogP contribution < -0.4 is 10.6 Å². The predicted octanol–water partition coefficient (Wildman–Crippen LogP) is 3.47. The number of halogens is 1. The number of aromatic amines is 2. The van der Waals surface area contributed by atoms with Crippen LogP contribution in [0.15, 0.2) is 41.2 Å². The number of benzene rings is 2. The Hall–Kier alpha value is -2.89. The Labute approximate surface area is 148 Å². The Kier molecular flexibility index (Phi) is 3.13. The Morgan fingerprint density at radius 2 is 1.85 bits per heavy atom. The van der Waals surface area contributed by atoms with E-state index in [0.29, 0.717) is 34.4 Å². The molecule has 1 fully saturated rings. The zero-order valence-corrected chi connectivity index (χ0v) is 14.1. The molecule has 6 heteroatoms. The molecule has 2 aliphatic rings. The molecule has 0 atom stereocenters. The van der Waals surface area contributed by atoms with Gasteiger partial charge in [-0.3, -0.25) is 4.79 Å². The van der Waals surface area contributed by atoms with Gasteiger partial charge in [0.05, 0.1) is 22.3 Å². The van der Waals surface area contributed by atoms with Crippen molar-refractivity contribution in [2.75, 3.05) is 11.4 Å². The van der Waals surface area contributed by atoms with Crippen LogP contribution in [0, 0.1) is 5.82 Å². The summed E-state index contributed by atoms with van der Waals surface area (Å²) >= 11 is 0. The third kappa shape index (κ3) is 2.01. The van der Waals surface area contributed by atoms with Crippen molar-refractivity contribution in [3.63, 3.8) is 0 Å². The number of anilines is 1. The molecule has 0 unspecified atom stereocenters. The molecule has 1 amide bonds. The zero-order valence-electron chi connectivity index (χ0n) is 14.1. The zero-order chi connectivity index (χ0) is 17.9. The summed E-state index contributed by atoms with van der Waals surface area (Å²) < 4.78 is 14.7. The number of hydrogen-bond donors (Lipinski definition) is 2. The van der Waals surface area contributed by atoms with E-state index in [-0.39, 0.29) is 22.8 Å². The molecule has 0 saturated heterocycles. The highest BCUT2D eigenvalue weighted by molar-refractivity contribution is 6.13. The maximum atomic E-state index is 14.7. The van der Waals surface area contributed by atoms with Crippen LogP contribution in [-0.2, 0) is 5.41 Å². The summed E-state index contributed by atoms with van der Waals surface area (Å²) in [6.07, 6.45) is 3.90. The number of carbonyl (C=O) groups is 1. The molecule has 1 aliphatic heterocycles. The molecule has 2 aromatic carbocycles. The van der Waals surface area contributed by atoms with Crippen LogP contribution >= 0.6 is 0 Å². The van der Waals surface area contributed by atoms with Crippen molar-refractivity contribution < 1.29 is 9.18 Å². The number of amides is 1. The quantitative estimate of drug-likeness (QED) is 0.705. The van der Waals surface area contributed by atoms with E-state index in [1.54, 1.807) is 29.2 Å². The summed E-state index contributed by atoms with van der Waals surface area (Å²) in [5.41, 5.74) is 2.22. The van der Waals surface area contributed by atoms with Gasteiger partial charge in [-0.1, -0.05) is 25.0 Å². The fourth-order valence-corrected chi connectivity index (χ4v) is 4.75. The second-order valence-corrected chi connectivity index (χ2v) is 7.32. The van der Waals surface area contributed by atoms with Crippen LogP contribution in [0.2, 0.25) is 0 Å². The number of nitrogens with one attached hydrogen (secondary N) is 2. The molecule has 0 bridgehead atoms. The molecule has 5 rings (SSSR count). The highest BCUT2D eigenvalue weighted by Crippen LogP contribution is 2.51. The van der Waals surface area contributed by atoms with Crippen LogP contribution in [-0.4, -0.2) is 22.4 Å². The van der Waals surface area contributed by atoms with E-state index in [0.717, 1.165) is 25.7 Å². The Balaban J connectivity index is 1.66. The van der Waals surface area contributed by atoms with Crippen molar-refractivity contribution >= 4 is 22.6 Å². The van der Waals surface area contributed by atoms with Crippen LogP contribution in [0.4, 0.5) is 10.1 Å². The number of carbonyl (C=O) groups excluding carboxylic acids is 1. The molecular formula is C20H18FN3O2. The van der Waals surface area contributed by atoms with Crippen LogP contribution in [0.5, 0.6) is 0 Å². The minimum absolute atomic E-state index is 0.207. The van der Waals surface area contributed by atoms with Gasteiger partial charge in [-0.15, -0.1) is 0 Å². The normalized spacial score (nSPS) is 18.0. The van der Waals surface area contributed by atoms with E-state index in [4.69, 9.17) is 0 Å². The summed E-state index contributed by atoms with van der Waals surface area (Å²) in [4.78, 5) is 32.1. The van der Waals surface area contributed by atoms with Gasteiger partial charge in [-0.05, 0) is 37.1 Å². The molecule has 2 N–H and O–H groups in total. The van der Waals surface area contributed by atoms with Gasteiger partial charge < -0.3 is 14.9 Å². The standard InChI is InChI=1S/C20H18FN3O2/c21-13-6-4-8-15-16(13)20(9-1-2-10-20)11-24(15)18(25)12-5-3-7-14-17(12)23-19(26)22-14/h3-8H,1-2,9-11H2,(H2,22,23,26). The summed E-state index contributed by atoms with van der Waals surface area (Å²) in [5.74, 6) is -0.436. The van der Waals surface area contributed by atoms with Gasteiger partial charge in [-0.2, -0.15) is 0 Å². The fraction of sp³-hybridized carbons (Fsp3) is 0.300. The number of nitrogens with zero attached hydrogens (tertiary/aromatic N) is 1. The van der Waals surface area contributed by atoms with Crippen LogP contribution in [0.25, 0.3) is 11.0 Å². The molecular weight excluding hydrogens is 333 g/mol. The molecule has 1 aliphatic carbocycles. The number of imidazole rings is 1. The van der Waals surface area contributed by atoms with Crippen molar-refractivity contribution in [1.82, 2.24) is 9.97 Å². The average molecular weight is 351 g/mol. The first-order valence-electron chi connectivity index (χ1n) is 8.91. The Morgan fingerprint density at radius 1 is 1.08 bits per heavy atom. The molecule has 2 heterocycles. The van der Waals surface area contributed by atoms with Gasteiger partial charge in [0.15, 0.2) is 0 Å². The topological polar surface area (TPSA) is 69.0 Å². The molecule has 1 saturated carbocycles. The Bertz CT molecular complexity index is 1090. The number of para-hydroxylation sites is 1. The van der Waals surface area contributed by atoms with Crippen molar-refractivity contribution in [2.45, 2.75) is 31.1 Å².